The molecule has 0 aliphatic heterocycles. The molecule has 0 atom stereocenters. The Balaban J connectivity index is 0. The number of phosphoric acid groups is 1. The molecule has 4 nitrogen and oxygen atoms in total. The van der Waals surface area contributed by atoms with Crippen molar-refractivity contribution < 1.29 is 38.1 Å². The molecule has 0 saturated heterocycles. The topological polar surface area (TPSA) is 77.8 Å². The molecule has 0 unspecified atom stereocenters. The molecular weight excluding hydrogens is 246 g/mol. The van der Waals surface area contributed by atoms with Crippen LogP contribution in [0.5, 0.6) is 0 Å². The van der Waals surface area contributed by atoms with Gasteiger partial charge in [0.2, 0.25) is 0 Å². The van der Waals surface area contributed by atoms with Crippen LogP contribution in [-0.4, -0.2) is 14.7 Å². The molecular formula is C12H20LiO4P. The summed E-state index contributed by atoms with van der Waals surface area (Å²) >= 11 is 0. The molecule has 0 fully saturated rings. The van der Waals surface area contributed by atoms with E-state index >= 15 is 0 Å². The zero-order valence-electron chi connectivity index (χ0n) is 11.6. The number of hydrogen-bond donors (Lipinski definition) is 3. The van der Waals surface area contributed by atoms with Crippen molar-refractivity contribution in [1.29, 1.82) is 0 Å². The van der Waals surface area contributed by atoms with Crippen LogP contribution in [0.1, 0.15) is 38.8 Å². The fourth-order valence-electron chi connectivity index (χ4n) is 1.17. The monoisotopic (exact) mass is 266 g/mol. The minimum atomic E-state index is -4.64. The molecule has 0 aliphatic carbocycles. The third-order valence-corrected chi connectivity index (χ3v) is 2.08. The van der Waals surface area contributed by atoms with Crippen LogP contribution >= 0.6 is 7.82 Å². The Kier molecular flexibility index (Phi) is 9.19. The van der Waals surface area contributed by atoms with Crippen molar-refractivity contribution >= 4 is 7.82 Å². The van der Waals surface area contributed by atoms with Crippen molar-refractivity contribution in [2.45, 2.75) is 39.5 Å². The molecule has 0 heterocycles. The Morgan fingerprint density at radius 1 is 1.28 bits per heavy atom. The van der Waals surface area contributed by atoms with E-state index in [1.54, 1.807) is 0 Å². The van der Waals surface area contributed by atoms with Gasteiger partial charge in [-0.05, 0) is 5.41 Å². The van der Waals surface area contributed by atoms with Gasteiger partial charge in [0.05, 0.1) is 0 Å². The zero-order valence-corrected chi connectivity index (χ0v) is 12.5. The second-order valence-electron chi connectivity index (χ2n) is 4.73. The van der Waals surface area contributed by atoms with Gasteiger partial charge in [0.25, 0.3) is 0 Å². The molecule has 1 aromatic rings. The van der Waals surface area contributed by atoms with Crippen LogP contribution in [0.3, 0.4) is 0 Å². The SMILES string of the molecule is CCc1cc[c-]c(C(C)(C)C)c1.O=P(O)(O)O.[Li+]. The minimum Gasteiger partial charge on any atom is -0.303 e. The average Bonchev–Trinajstić information content (AvgIpc) is 2.14. The van der Waals surface area contributed by atoms with E-state index < -0.39 is 7.82 Å². The van der Waals surface area contributed by atoms with Gasteiger partial charge in [0.1, 0.15) is 0 Å². The predicted octanol–water partition coefficient (Wildman–Crippen LogP) is -0.578. The summed E-state index contributed by atoms with van der Waals surface area (Å²) in [6.45, 7) is 8.84. The Bertz CT molecular complexity index is 387. The second-order valence-corrected chi connectivity index (χ2v) is 5.75. The Morgan fingerprint density at radius 3 is 2.06 bits per heavy atom. The quantitative estimate of drug-likeness (QED) is 0.361. The molecule has 0 spiro atoms. The maximum Gasteiger partial charge on any atom is 1.00 e. The summed E-state index contributed by atoms with van der Waals surface area (Å²) in [5.74, 6) is 0. The van der Waals surface area contributed by atoms with E-state index in [9.17, 15) is 0 Å². The third-order valence-electron chi connectivity index (χ3n) is 2.08. The number of hydrogen-bond acceptors (Lipinski definition) is 1. The summed E-state index contributed by atoms with van der Waals surface area (Å²) in [7, 11) is -4.64. The van der Waals surface area contributed by atoms with Crippen LogP contribution in [-0.2, 0) is 16.4 Å². The van der Waals surface area contributed by atoms with Gasteiger partial charge in [-0.25, -0.2) is 4.57 Å². The zero-order chi connectivity index (χ0) is 13.7. The summed E-state index contributed by atoms with van der Waals surface area (Å²) in [4.78, 5) is 21.6. The van der Waals surface area contributed by atoms with Gasteiger partial charge < -0.3 is 14.7 Å². The first-order valence-corrected chi connectivity index (χ1v) is 6.90. The molecule has 0 aromatic heterocycles. The van der Waals surface area contributed by atoms with Crippen LogP contribution in [0.25, 0.3) is 0 Å². The van der Waals surface area contributed by atoms with Gasteiger partial charge in [-0.15, -0.1) is 0 Å². The fourth-order valence-corrected chi connectivity index (χ4v) is 1.17. The molecule has 6 heteroatoms. The van der Waals surface area contributed by atoms with Crippen LogP contribution in [0.2, 0.25) is 0 Å². The van der Waals surface area contributed by atoms with E-state index in [0.29, 0.717) is 0 Å². The molecule has 18 heavy (non-hydrogen) atoms. The molecule has 1 aromatic carbocycles. The minimum absolute atomic E-state index is 0. The van der Waals surface area contributed by atoms with Crippen LogP contribution in [0, 0.1) is 6.07 Å². The van der Waals surface area contributed by atoms with Crippen molar-refractivity contribution in [3.8, 4) is 0 Å². The molecule has 0 amide bonds. The molecule has 0 radical (unpaired) electrons. The van der Waals surface area contributed by atoms with Gasteiger partial charge >= 0.3 is 26.7 Å². The normalized spacial score (nSPS) is 11.1. The predicted molar refractivity (Wildman–Crippen MR) is 67.6 cm³/mol. The van der Waals surface area contributed by atoms with Crippen molar-refractivity contribution in [2.24, 2.45) is 0 Å². The van der Waals surface area contributed by atoms with Crippen LogP contribution in [0.4, 0.5) is 0 Å². The summed E-state index contributed by atoms with van der Waals surface area (Å²) in [6, 6.07) is 9.69. The van der Waals surface area contributed by atoms with E-state index in [-0.39, 0.29) is 24.3 Å². The number of aryl methyl sites for hydroxylation is 1. The van der Waals surface area contributed by atoms with Crippen molar-refractivity contribution in [3.05, 3.63) is 35.4 Å². The maximum absolute atomic E-state index is 8.88. The number of benzene rings is 1. The standard InChI is InChI=1S/C12H17.Li.H3O4P/c1-5-10-7-6-8-11(9-10)12(2,3)4;;1-5(2,3)4/h6-7,9H,5H2,1-4H3;;(H3,1,2,3,4)/q-1;+1;. The first kappa shape index (κ1) is 20.2. The molecule has 1 rings (SSSR count). The maximum atomic E-state index is 8.88. The first-order valence-electron chi connectivity index (χ1n) is 5.33. The fraction of sp³-hybridized carbons (Fsp3) is 0.500. The average molecular weight is 266 g/mol. The van der Waals surface area contributed by atoms with Crippen LogP contribution in [0.15, 0.2) is 18.2 Å². The smallest absolute Gasteiger partial charge is 0.303 e. The van der Waals surface area contributed by atoms with Gasteiger partial charge in [-0.2, -0.15) is 35.4 Å². The summed E-state index contributed by atoms with van der Waals surface area (Å²) in [6.07, 6.45) is 1.11. The van der Waals surface area contributed by atoms with Gasteiger partial charge in [0, 0.05) is 0 Å². The van der Waals surface area contributed by atoms with E-state index in [0.717, 1.165) is 6.42 Å². The summed E-state index contributed by atoms with van der Waals surface area (Å²) in [5.41, 5.74) is 2.94. The Labute approximate surface area is 121 Å². The Hall–Kier alpha value is -0.0726. The van der Waals surface area contributed by atoms with Crippen LogP contribution < -0.4 is 18.9 Å². The van der Waals surface area contributed by atoms with Crippen molar-refractivity contribution in [1.82, 2.24) is 0 Å². The van der Waals surface area contributed by atoms with E-state index in [1.165, 1.54) is 11.1 Å². The second kappa shape index (κ2) is 8.17. The van der Waals surface area contributed by atoms with E-state index in [4.69, 9.17) is 19.2 Å². The molecule has 0 aliphatic rings. The van der Waals surface area contributed by atoms with Gasteiger partial charge in [-0.1, -0.05) is 34.1 Å². The third kappa shape index (κ3) is 11.0. The molecule has 0 bridgehead atoms. The summed E-state index contributed by atoms with van der Waals surface area (Å²) < 4.78 is 8.88. The Morgan fingerprint density at radius 2 is 1.72 bits per heavy atom. The molecule has 3 N–H and O–H groups in total. The van der Waals surface area contributed by atoms with E-state index in [2.05, 4.69) is 45.9 Å². The first-order chi connectivity index (χ1) is 7.54. The van der Waals surface area contributed by atoms with Crippen molar-refractivity contribution in [3.63, 3.8) is 0 Å². The molecule has 0 saturated carbocycles. The van der Waals surface area contributed by atoms with E-state index in [1.807, 2.05) is 6.07 Å². The number of rotatable bonds is 1. The largest absolute Gasteiger partial charge is 1.00 e. The summed E-state index contributed by atoms with van der Waals surface area (Å²) in [5, 5.41) is 0. The van der Waals surface area contributed by atoms with Crippen molar-refractivity contribution in [2.75, 3.05) is 0 Å². The molecule has 98 valence electrons. The van der Waals surface area contributed by atoms with Gasteiger partial charge in [-0.3, -0.25) is 0 Å². The van der Waals surface area contributed by atoms with Gasteiger partial charge in [0.15, 0.2) is 0 Å².